The molecule has 2 aromatic rings. The van der Waals surface area contributed by atoms with Gasteiger partial charge in [-0.05, 0) is 47.9 Å². The van der Waals surface area contributed by atoms with Gasteiger partial charge in [0.05, 0.1) is 5.70 Å². The molecule has 0 amide bonds. The second-order valence-corrected chi connectivity index (χ2v) is 5.75. The summed E-state index contributed by atoms with van der Waals surface area (Å²) < 4.78 is 0. The van der Waals surface area contributed by atoms with Gasteiger partial charge in [-0.25, -0.2) is 0 Å². The van der Waals surface area contributed by atoms with E-state index in [1.54, 1.807) is 0 Å². The minimum absolute atomic E-state index is 0.0213. The normalized spacial score (nSPS) is 20.7. The van der Waals surface area contributed by atoms with Crippen LogP contribution in [0.5, 0.6) is 0 Å². The molecule has 2 aliphatic rings. The topological polar surface area (TPSA) is 24.7 Å². The lowest BCUT2D eigenvalue weighted by molar-refractivity contribution is 0.695. The van der Waals surface area contributed by atoms with E-state index in [2.05, 4.69) is 58.8 Å². The molecule has 0 bridgehead atoms. The molecule has 21 heavy (non-hydrogen) atoms. The highest BCUT2D eigenvalue weighted by molar-refractivity contribution is 5.73. The van der Waals surface area contributed by atoms with Crippen molar-refractivity contribution in [2.75, 3.05) is 0 Å². The lowest BCUT2D eigenvalue weighted by Crippen LogP contribution is -2.02. The molecular weight excluding hydrogens is 256 g/mol. The molecule has 2 nitrogen and oxygen atoms in total. The fourth-order valence-electron chi connectivity index (χ4n) is 3.37. The van der Waals surface area contributed by atoms with Gasteiger partial charge in [0.25, 0.3) is 0 Å². The van der Waals surface area contributed by atoms with E-state index in [-0.39, 0.29) is 6.04 Å². The number of nitrogens with zero attached hydrogens (tertiary/aromatic N) is 2. The Morgan fingerprint density at radius 2 is 1.57 bits per heavy atom. The Hall–Kier alpha value is -2.22. The van der Waals surface area contributed by atoms with Gasteiger partial charge in [-0.15, -0.1) is 0 Å². The fraction of sp³-hybridized carbons (Fsp3) is 0.263. The summed E-state index contributed by atoms with van der Waals surface area (Å²) in [4.78, 5) is 0. The Balaban J connectivity index is 1.90. The number of fused-ring (bicyclic) bond motifs is 2. The third kappa shape index (κ3) is 2.21. The number of hydrogen-bond donors (Lipinski definition) is 0. The SMILES string of the molecule is c1ccc(C2N=NC3=C(CCCC3)c3ccccc32)cc1. The molecule has 0 saturated heterocycles. The molecule has 0 N–H and O–H groups in total. The molecule has 0 fully saturated rings. The van der Waals surface area contributed by atoms with Crippen LogP contribution < -0.4 is 0 Å². The van der Waals surface area contributed by atoms with Crippen molar-refractivity contribution in [3.05, 3.63) is 77.0 Å². The molecule has 1 aliphatic carbocycles. The van der Waals surface area contributed by atoms with Crippen molar-refractivity contribution in [2.24, 2.45) is 10.2 Å². The second-order valence-electron chi connectivity index (χ2n) is 5.75. The molecule has 1 atom stereocenters. The van der Waals surface area contributed by atoms with Gasteiger partial charge in [0.2, 0.25) is 0 Å². The standard InChI is InChI=1S/C19H18N2/c1-2-8-14(9-3-1)19-17-12-5-4-10-15(17)16-11-6-7-13-18(16)20-21-19/h1-5,8-10,12,19H,6-7,11,13H2. The van der Waals surface area contributed by atoms with E-state index in [9.17, 15) is 0 Å². The predicted octanol–water partition coefficient (Wildman–Crippen LogP) is 5.53. The van der Waals surface area contributed by atoms with Gasteiger partial charge in [-0.1, -0.05) is 54.6 Å². The minimum Gasteiger partial charge on any atom is -0.176 e. The number of hydrogen-bond acceptors (Lipinski definition) is 2. The highest BCUT2D eigenvalue weighted by Gasteiger charge is 2.24. The number of allylic oxidation sites excluding steroid dienone is 2. The predicted molar refractivity (Wildman–Crippen MR) is 85.0 cm³/mol. The van der Waals surface area contributed by atoms with E-state index in [1.165, 1.54) is 40.8 Å². The molecular formula is C19H18N2. The van der Waals surface area contributed by atoms with Crippen molar-refractivity contribution in [1.82, 2.24) is 0 Å². The maximum atomic E-state index is 4.69. The third-order valence-corrected chi connectivity index (χ3v) is 4.43. The number of benzene rings is 2. The maximum absolute atomic E-state index is 4.69. The monoisotopic (exact) mass is 274 g/mol. The summed E-state index contributed by atoms with van der Waals surface area (Å²) >= 11 is 0. The van der Waals surface area contributed by atoms with Crippen molar-refractivity contribution >= 4 is 5.57 Å². The van der Waals surface area contributed by atoms with E-state index in [4.69, 9.17) is 0 Å². The lowest BCUT2D eigenvalue weighted by Gasteiger charge is -2.18. The van der Waals surface area contributed by atoms with Gasteiger partial charge in [-0.3, -0.25) is 0 Å². The van der Waals surface area contributed by atoms with Crippen molar-refractivity contribution < 1.29 is 0 Å². The van der Waals surface area contributed by atoms with E-state index in [1.807, 2.05) is 6.07 Å². The Morgan fingerprint density at radius 1 is 0.810 bits per heavy atom. The first-order chi connectivity index (χ1) is 10.4. The van der Waals surface area contributed by atoms with Crippen LogP contribution in [0.2, 0.25) is 0 Å². The first kappa shape index (κ1) is 12.5. The fourth-order valence-corrected chi connectivity index (χ4v) is 3.37. The summed E-state index contributed by atoms with van der Waals surface area (Å²) in [5, 5.41) is 9.31. The van der Waals surface area contributed by atoms with Crippen molar-refractivity contribution in [1.29, 1.82) is 0 Å². The summed E-state index contributed by atoms with van der Waals surface area (Å²) in [6.07, 6.45) is 4.69. The van der Waals surface area contributed by atoms with Crippen LogP contribution in [-0.4, -0.2) is 0 Å². The minimum atomic E-state index is 0.0213. The molecule has 0 saturated carbocycles. The molecule has 2 heteroatoms. The van der Waals surface area contributed by atoms with Gasteiger partial charge in [0.15, 0.2) is 0 Å². The lowest BCUT2D eigenvalue weighted by atomic mass is 9.86. The van der Waals surface area contributed by atoms with Crippen molar-refractivity contribution in [3.8, 4) is 0 Å². The zero-order valence-electron chi connectivity index (χ0n) is 12.0. The third-order valence-electron chi connectivity index (χ3n) is 4.43. The summed E-state index contributed by atoms with van der Waals surface area (Å²) in [7, 11) is 0. The highest BCUT2D eigenvalue weighted by atomic mass is 15.1. The van der Waals surface area contributed by atoms with Crippen LogP contribution in [0, 0.1) is 0 Å². The van der Waals surface area contributed by atoms with E-state index < -0.39 is 0 Å². The first-order valence-corrected chi connectivity index (χ1v) is 7.70. The molecule has 1 aliphatic heterocycles. The van der Waals surface area contributed by atoms with Gasteiger partial charge < -0.3 is 0 Å². The quantitative estimate of drug-likeness (QED) is 0.653. The van der Waals surface area contributed by atoms with Crippen molar-refractivity contribution in [2.45, 2.75) is 31.7 Å². The van der Waals surface area contributed by atoms with Gasteiger partial charge in [-0.2, -0.15) is 10.2 Å². The van der Waals surface area contributed by atoms with Crippen LogP contribution in [-0.2, 0) is 0 Å². The smallest absolute Gasteiger partial charge is 0.122 e. The average Bonchev–Trinajstić information content (AvgIpc) is 2.73. The van der Waals surface area contributed by atoms with Crippen LogP contribution >= 0.6 is 0 Å². The summed E-state index contributed by atoms with van der Waals surface area (Å²) in [5.74, 6) is 0. The average molecular weight is 274 g/mol. The number of rotatable bonds is 1. The summed E-state index contributed by atoms with van der Waals surface area (Å²) in [6, 6.07) is 19.2. The van der Waals surface area contributed by atoms with Crippen LogP contribution in [0.15, 0.2) is 70.5 Å². The molecule has 0 spiro atoms. The van der Waals surface area contributed by atoms with Crippen LogP contribution in [0.4, 0.5) is 0 Å². The Bertz CT molecular complexity index is 713. The van der Waals surface area contributed by atoms with Gasteiger partial charge in [0, 0.05) is 0 Å². The molecule has 2 aromatic carbocycles. The Labute approximate surface area is 125 Å². The molecule has 104 valence electrons. The van der Waals surface area contributed by atoms with Crippen LogP contribution in [0.3, 0.4) is 0 Å². The Kier molecular flexibility index (Phi) is 3.15. The molecule has 1 unspecified atom stereocenters. The molecule has 1 heterocycles. The van der Waals surface area contributed by atoms with Gasteiger partial charge in [0.1, 0.15) is 6.04 Å². The van der Waals surface area contributed by atoms with E-state index in [0.717, 1.165) is 12.8 Å². The first-order valence-electron chi connectivity index (χ1n) is 7.70. The van der Waals surface area contributed by atoms with E-state index >= 15 is 0 Å². The number of azo groups is 1. The highest BCUT2D eigenvalue weighted by Crippen LogP contribution is 2.41. The molecule has 4 rings (SSSR count). The maximum Gasteiger partial charge on any atom is 0.122 e. The zero-order chi connectivity index (χ0) is 14.1. The summed E-state index contributed by atoms with van der Waals surface area (Å²) in [5.41, 5.74) is 6.48. The van der Waals surface area contributed by atoms with E-state index in [0.29, 0.717) is 0 Å². The summed E-state index contributed by atoms with van der Waals surface area (Å²) in [6.45, 7) is 0. The zero-order valence-corrected chi connectivity index (χ0v) is 12.0. The molecule has 0 aromatic heterocycles. The van der Waals surface area contributed by atoms with Gasteiger partial charge >= 0.3 is 0 Å². The Morgan fingerprint density at radius 3 is 2.48 bits per heavy atom. The van der Waals surface area contributed by atoms with Crippen LogP contribution in [0.1, 0.15) is 48.4 Å². The second kappa shape index (κ2) is 5.28. The molecule has 0 radical (unpaired) electrons. The van der Waals surface area contributed by atoms with Crippen molar-refractivity contribution in [3.63, 3.8) is 0 Å². The van der Waals surface area contributed by atoms with Crippen LogP contribution in [0.25, 0.3) is 5.57 Å². The largest absolute Gasteiger partial charge is 0.176 e.